The Labute approximate surface area is 126 Å². The Morgan fingerprint density at radius 3 is 2.71 bits per heavy atom. The summed E-state index contributed by atoms with van der Waals surface area (Å²) < 4.78 is 11.6. The van der Waals surface area contributed by atoms with Crippen LogP contribution < -0.4 is 0 Å². The van der Waals surface area contributed by atoms with Gasteiger partial charge >= 0.3 is 5.97 Å². The SMILES string of the molecule is Cc1noc(C)c1COC(=O)c1sc2ccccc2c1C. The Morgan fingerprint density at radius 2 is 2.05 bits per heavy atom. The first kappa shape index (κ1) is 13.8. The van der Waals surface area contributed by atoms with Crippen molar-refractivity contribution in [2.45, 2.75) is 27.4 Å². The van der Waals surface area contributed by atoms with Gasteiger partial charge in [0, 0.05) is 4.70 Å². The predicted octanol–water partition coefficient (Wildman–Crippen LogP) is 4.17. The number of rotatable bonds is 3. The van der Waals surface area contributed by atoms with Crippen LogP contribution in [0.2, 0.25) is 0 Å². The highest BCUT2D eigenvalue weighted by Gasteiger charge is 2.18. The highest BCUT2D eigenvalue weighted by atomic mass is 32.1. The summed E-state index contributed by atoms with van der Waals surface area (Å²) in [6.07, 6.45) is 0. The predicted molar refractivity (Wildman–Crippen MR) is 81.7 cm³/mol. The molecule has 108 valence electrons. The van der Waals surface area contributed by atoms with Crippen molar-refractivity contribution in [3.05, 3.63) is 51.7 Å². The molecule has 0 saturated carbocycles. The van der Waals surface area contributed by atoms with Crippen molar-refractivity contribution in [2.75, 3.05) is 0 Å². The lowest BCUT2D eigenvalue weighted by atomic mass is 10.1. The van der Waals surface area contributed by atoms with Crippen LogP contribution in [0.25, 0.3) is 10.1 Å². The molecule has 4 nitrogen and oxygen atoms in total. The summed E-state index contributed by atoms with van der Waals surface area (Å²) in [5.41, 5.74) is 2.56. The number of carbonyl (C=O) groups is 1. The Balaban J connectivity index is 1.83. The van der Waals surface area contributed by atoms with Gasteiger partial charge in [-0.15, -0.1) is 11.3 Å². The number of aryl methyl sites for hydroxylation is 3. The fourth-order valence-electron chi connectivity index (χ4n) is 2.28. The number of benzene rings is 1. The van der Waals surface area contributed by atoms with Gasteiger partial charge in [-0.25, -0.2) is 4.79 Å². The Morgan fingerprint density at radius 1 is 1.29 bits per heavy atom. The zero-order valence-corrected chi connectivity index (χ0v) is 12.9. The molecule has 0 bridgehead atoms. The van der Waals surface area contributed by atoms with Crippen molar-refractivity contribution in [1.29, 1.82) is 0 Å². The Hall–Kier alpha value is -2.14. The second kappa shape index (κ2) is 5.33. The van der Waals surface area contributed by atoms with Crippen molar-refractivity contribution in [3.8, 4) is 0 Å². The van der Waals surface area contributed by atoms with E-state index in [1.807, 2.05) is 45.0 Å². The summed E-state index contributed by atoms with van der Waals surface area (Å²) in [7, 11) is 0. The molecule has 3 rings (SSSR count). The van der Waals surface area contributed by atoms with E-state index in [1.165, 1.54) is 11.3 Å². The largest absolute Gasteiger partial charge is 0.456 e. The number of ether oxygens (including phenoxy) is 1. The van der Waals surface area contributed by atoms with Crippen LogP contribution in [0, 0.1) is 20.8 Å². The minimum Gasteiger partial charge on any atom is -0.456 e. The summed E-state index contributed by atoms with van der Waals surface area (Å²) in [4.78, 5) is 12.9. The monoisotopic (exact) mass is 301 g/mol. The van der Waals surface area contributed by atoms with Crippen LogP contribution in [0.15, 0.2) is 28.8 Å². The molecule has 5 heteroatoms. The molecule has 2 heterocycles. The number of aromatic nitrogens is 1. The second-order valence-electron chi connectivity index (χ2n) is 4.93. The molecule has 0 saturated heterocycles. The minimum atomic E-state index is -0.298. The first-order chi connectivity index (χ1) is 10.1. The van der Waals surface area contributed by atoms with Gasteiger partial charge in [0.2, 0.25) is 0 Å². The van der Waals surface area contributed by atoms with Crippen molar-refractivity contribution >= 4 is 27.4 Å². The van der Waals surface area contributed by atoms with E-state index in [9.17, 15) is 4.79 Å². The molecule has 2 aromatic heterocycles. The molecule has 0 atom stereocenters. The maximum Gasteiger partial charge on any atom is 0.348 e. The molecule has 21 heavy (non-hydrogen) atoms. The third-order valence-corrected chi connectivity index (χ3v) is 4.81. The number of esters is 1. The Kier molecular flexibility index (Phi) is 3.51. The number of hydrogen-bond acceptors (Lipinski definition) is 5. The molecule has 0 aliphatic rings. The van der Waals surface area contributed by atoms with Crippen LogP contribution in [-0.2, 0) is 11.3 Å². The Bertz CT molecular complexity index is 797. The lowest BCUT2D eigenvalue weighted by molar-refractivity contribution is 0.0476. The van der Waals surface area contributed by atoms with Crippen LogP contribution in [0.1, 0.15) is 32.3 Å². The van der Waals surface area contributed by atoms with Crippen molar-refractivity contribution < 1.29 is 14.1 Å². The van der Waals surface area contributed by atoms with E-state index in [2.05, 4.69) is 5.16 Å². The molecular weight excluding hydrogens is 286 g/mol. The zero-order chi connectivity index (χ0) is 15.0. The topological polar surface area (TPSA) is 52.3 Å². The number of carbonyl (C=O) groups excluding carboxylic acids is 1. The molecule has 0 amide bonds. The van der Waals surface area contributed by atoms with Crippen molar-refractivity contribution in [1.82, 2.24) is 5.16 Å². The van der Waals surface area contributed by atoms with Crippen LogP contribution in [0.3, 0.4) is 0 Å². The normalized spacial score (nSPS) is 11.0. The number of fused-ring (bicyclic) bond motifs is 1. The first-order valence-corrected chi connectivity index (χ1v) is 7.46. The van der Waals surface area contributed by atoms with Crippen molar-refractivity contribution in [2.24, 2.45) is 0 Å². The van der Waals surface area contributed by atoms with Gasteiger partial charge in [0.15, 0.2) is 0 Å². The third kappa shape index (κ3) is 2.45. The van der Waals surface area contributed by atoms with Crippen LogP contribution in [0.5, 0.6) is 0 Å². The van der Waals surface area contributed by atoms with E-state index >= 15 is 0 Å². The van der Waals surface area contributed by atoms with E-state index in [1.54, 1.807) is 0 Å². The van der Waals surface area contributed by atoms with Gasteiger partial charge in [-0.2, -0.15) is 0 Å². The lowest BCUT2D eigenvalue weighted by Gasteiger charge is -2.03. The number of nitrogens with zero attached hydrogens (tertiary/aromatic N) is 1. The fraction of sp³-hybridized carbons (Fsp3) is 0.250. The van der Waals surface area contributed by atoms with Gasteiger partial charge in [0.05, 0.1) is 11.3 Å². The van der Waals surface area contributed by atoms with E-state index in [4.69, 9.17) is 9.26 Å². The average Bonchev–Trinajstić information content (AvgIpc) is 2.98. The highest BCUT2D eigenvalue weighted by Crippen LogP contribution is 2.31. The highest BCUT2D eigenvalue weighted by molar-refractivity contribution is 7.21. The van der Waals surface area contributed by atoms with Gasteiger partial charge in [-0.05, 0) is 37.8 Å². The zero-order valence-electron chi connectivity index (χ0n) is 12.1. The van der Waals surface area contributed by atoms with E-state index in [0.717, 1.165) is 26.9 Å². The summed E-state index contributed by atoms with van der Waals surface area (Å²) in [6.45, 7) is 5.79. The lowest BCUT2D eigenvalue weighted by Crippen LogP contribution is -2.05. The molecule has 3 aromatic rings. The number of hydrogen-bond donors (Lipinski definition) is 0. The van der Waals surface area contributed by atoms with E-state index < -0.39 is 0 Å². The molecule has 1 aromatic carbocycles. The van der Waals surface area contributed by atoms with Gasteiger partial charge in [-0.3, -0.25) is 0 Å². The third-order valence-electron chi connectivity index (χ3n) is 3.56. The number of thiophene rings is 1. The maximum atomic E-state index is 12.3. The molecular formula is C16H15NO3S. The smallest absolute Gasteiger partial charge is 0.348 e. The fourth-order valence-corrected chi connectivity index (χ4v) is 3.38. The van der Waals surface area contributed by atoms with Crippen LogP contribution in [-0.4, -0.2) is 11.1 Å². The van der Waals surface area contributed by atoms with Crippen LogP contribution >= 0.6 is 11.3 Å². The van der Waals surface area contributed by atoms with Gasteiger partial charge in [0.1, 0.15) is 17.2 Å². The summed E-state index contributed by atoms with van der Waals surface area (Å²) in [5, 5.41) is 4.96. The van der Waals surface area contributed by atoms with E-state index in [0.29, 0.717) is 10.6 Å². The standard InChI is InChI=1S/C16H15NO3S/c1-9-12-6-4-5-7-14(12)21-15(9)16(18)19-8-13-10(2)17-20-11(13)3/h4-7H,8H2,1-3H3. The van der Waals surface area contributed by atoms with Crippen molar-refractivity contribution in [3.63, 3.8) is 0 Å². The summed E-state index contributed by atoms with van der Waals surface area (Å²) >= 11 is 1.46. The average molecular weight is 301 g/mol. The van der Waals surface area contributed by atoms with Gasteiger partial charge < -0.3 is 9.26 Å². The van der Waals surface area contributed by atoms with Gasteiger partial charge in [0.25, 0.3) is 0 Å². The molecule has 0 spiro atoms. The summed E-state index contributed by atoms with van der Waals surface area (Å²) in [6, 6.07) is 7.97. The van der Waals surface area contributed by atoms with Crippen LogP contribution in [0.4, 0.5) is 0 Å². The molecule has 0 unspecified atom stereocenters. The molecule has 0 aliphatic heterocycles. The minimum absolute atomic E-state index is 0.188. The quantitative estimate of drug-likeness (QED) is 0.681. The second-order valence-corrected chi connectivity index (χ2v) is 5.98. The molecule has 0 aliphatic carbocycles. The molecule has 0 N–H and O–H groups in total. The molecule has 0 radical (unpaired) electrons. The molecule has 0 fully saturated rings. The maximum absolute atomic E-state index is 12.3. The summed E-state index contributed by atoms with van der Waals surface area (Å²) in [5.74, 6) is 0.391. The first-order valence-electron chi connectivity index (χ1n) is 6.65. The van der Waals surface area contributed by atoms with E-state index in [-0.39, 0.29) is 12.6 Å². The van der Waals surface area contributed by atoms with Gasteiger partial charge in [-0.1, -0.05) is 23.4 Å².